The van der Waals surface area contributed by atoms with E-state index >= 15 is 0 Å². The van der Waals surface area contributed by atoms with Crippen molar-refractivity contribution >= 4 is 85.7 Å². The van der Waals surface area contributed by atoms with E-state index in [1.165, 1.54) is 133 Å². The molecule has 0 aliphatic carbocycles. The minimum atomic E-state index is -4.88. The van der Waals surface area contributed by atoms with Gasteiger partial charge in [-0.25, -0.2) is 4.57 Å². The highest BCUT2D eigenvalue weighted by molar-refractivity contribution is 7.80. The third-order valence-electron chi connectivity index (χ3n) is 17.0. The molecule has 0 aliphatic rings. The normalized spacial score (nSPS) is 13.3. The first-order valence-electron chi connectivity index (χ1n) is 39.2. The Morgan fingerprint density at radius 3 is 1.17 bits per heavy atom. The molecule has 7 amide bonds. The van der Waals surface area contributed by atoms with E-state index in [2.05, 4.69) is 63.7 Å². The summed E-state index contributed by atoms with van der Waals surface area (Å²) in [4.78, 5) is 159. The zero-order chi connectivity index (χ0) is 81.6. The van der Waals surface area contributed by atoms with Crippen molar-refractivity contribution in [3.63, 3.8) is 0 Å². The molecule has 0 spiro atoms. The maximum Gasteiger partial charge on any atom is 0.472 e. The molecule has 34 heteroatoms. The lowest BCUT2D eigenvalue weighted by atomic mass is 9.98. The van der Waals surface area contributed by atoms with Gasteiger partial charge in [0.05, 0.1) is 79.3 Å². The van der Waals surface area contributed by atoms with Gasteiger partial charge < -0.3 is 89.5 Å². The summed E-state index contributed by atoms with van der Waals surface area (Å²) >= 11 is 4.07. The Bertz CT molecular complexity index is 2610. The summed E-state index contributed by atoms with van der Waals surface area (Å²) in [6.45, 7) is 13.7. The number of unbranched alkanes of at least 4 members (excludes halogenated alkanes) is 20. The van der Waals surface area contributed by atoms with Crippen molar-refractivity contribution in [1.29, 1.82) is 0 Å². The van der Waals surface area contributed by atoms with E-state index in [1.54, 1.807) is 7.11 Å². The smallest absolute Gasteiger partial charge is 0.463 e. The Balaban J connectivity index is 6.16. The number of thiol groups is 1. The van der Waals surface area contributed by atoms with Crippen LogP contribution in [0.1, 0.15) is 249 Å². The molecule has 1 unspecified atom stereocenters. The van der Waals surface area contributed by atoms with Gasteiger partial charge in [-0.2, -0.15) is 12.6 Å². The van der Waals surface area contributed by atoms with Crippen molar-refractivity contribution in [2.45, 2.75) is 289 Å². The van der Waals surface area contributed by atoms with Gasteiger partial charge in [-0.3, -0.25) is 61.8 Å². The molecule has 0 aromatic carbocycles. The summed E-state index contributed by atoms with van der Waals surface area (Å²) in [5, 5.41) is 17.7. The average Bonchev–Trinajstić information content (AvgIpc) is 0.831. The lowest BCUT2D eigenvalue weighted by molar-refractivity contribution is -0.161. The van der Waals surface area contributed by atoms with Crippen LogP contribution < -0.4 is 37.2 Å². The van der Waals surface area contributed by atoms with Crippen LogP contribution in [0.4, 0.5) is 0 Å². The largest absolute Gasteiger partial charge is 0.472 e. The topological polar surface area (TPSA) is 420 Å². The molecule has 0 saturated carbocycles. The molecular formula is C75H138N7O25PS. The van der Waals surface area contributed by atoms with Gasteiger partial charge in [-0.1, -0.05) is 142 Å². The van der Waals surface area contributed by atoms with Crippen molar-refractivity contribution in [3.8, 4) is 0 Å². The zero-order valence-electron chi connectivity index (χ0n) is 67.5. The third kappa shape index (κ3) is 56.3. The molecular weight excluding hydrogens is 1460 g/mol. The van der Waals surface area contributed by atoms with Crippen LogP contribution in [0.15, 0.2) is 0 Å². The van der Waals surface area contributed by atoms with Gasteiger partial charge >= 0.3 is 31.7 Å². The van der Waals surface area contributed by atoms with Crippen molar-refractivity contribution in [3.05, 3.63) is 0 Å². The van der Waals surface area contributed by atoms with Gasteiger partial charge in [0.15, 0.2) is 6.10 Å². The number of phosphoric ester groups is 1. The van der Waals surface area contributed by atoms with Crippen LogP contribution in [0.3, 0.4) is 0 Å². The molecule has 0 heterocycles. The first-order chi connectivity index (χ1) is 51.9. The first-order valence-corrected chi connectivity index (χ1v) is 41.4. The Morgan fingerprint density at radius 1 is 0.404 bits per heavy atom. The predicted octanol–water partition coefficient (Wildman–Crippen LogP) is 7.58. The zero-order valence-corrected chi connectivity index (χ0v) is 69.3. The van der Waals surface area contributed by atoms with E-state index in [0.717, 1.165) is 51.4 Å². The maximum atomic E-state index is 14.3. The maximum absolute atomic E-state index is 14.3. The number of amides is 7. The number of phosphoric acid groups is 1. The molecule has 0 aliphatic heterocycles. The van der Waals surface area contributed by atoms with Gasteiger partial charge in [0.2, 0.25) is 41.4 Å². The van der Waals surface area contributed by atoms with Crippen molar-refractivity contribution < 1.29 is 119 Å². The minimum Gasteiger partial charge on any atom is -0.463 e. The molecule has 109 heavy (non-hydrogen) atoms. The molecule has 0 saturated heterocycles. The highest BCUT2D eigenvalue weighted by Gasteiger charge is 2.40. The number of carbonyl (C=O) groups is 11. The summed E-state index contributed by atoms with van der Waals surface area (Å²) in [6, 6.07) is -4.44. The number of hydrogen-bond donors (Lipinski definition) is 9. The number of nitrogens with one attached hydrogen (secondary N) is 7. The number of rotatable bonds is 72. The Morgan fingerprint density at radius 2 is 0.761 bits per heavy atom. The van der Waals surface area contributed by atoms with E-state index in [9.17, 15) is 62.2 Å². The highest BCUT2D eigenvalue weighted by Crippen LogP contribution is 2.43. The third-order valence-corrected chi connectivity index (χ3v) is 18.2. The van der Waals surface area contributed by atoms with Crippen molar-refractivity contribution in [2.24, 2.45) is 0 Å². The quantitative estimate of drug-likeness (QED) is 0.00931. The second-order valence-corrected chi connectivity index (χ2v) is 30.2. The molecule has 32 nitrogen and oxygen atoms in total. The fourth-order valence-electron chi connectivity index (χ4n) is 10.3. The highest BCUT2D eigenvalue weighted by atomic mass is 32.1. The van der Waals surface area contributed by atoms with Gasteiger partial charge in [0.25, 0.3) is 0 Å². The Hall–Kier alpha value is -5.61. The molecule has 0 radical (unpaired) electrons. The molecule has 0 aromatic heterocycles. The van der Waals surface area contributed by atoms with Crippen LogP contribution in [-0.2, 0) is 114 Å². The van der Waals surface area contributed by atoms with Gasteiger partial charge in [0, 0.05) is 52.9 Å². The molecule has 0 aromatic rings. The van der Waals surface area contributed by atoms with Crippen LogP contribution in [0.5, 0.6) is 0 Å². The van der Waals surface area contributed by atoms with E-state index in [1.807, 2.05) is 0 Å². The monoisotopic (exact) mass is 1600 g/mol. The number of carbonyl (C=O) groups excluding carboxylic acids is 11. The van der Waals surface area contributed by atoms with Crippen LogP contribution in [-0.4, -0.2) is 237 Å². The molecule has 5 atom stereocenters. The van der Waals surface area contributed by atoms with E-state index in [0.29, 0.717) is 39.3 Å². The number of methoxy groups -OCH3 is 2. The first kappa shape index (κ1) is 103. The van der Waals surface area contributed by atoms with E-state index in [4.69, 9.17) is 56.4 Å². The van der Waals surface area contributed by atoms with Gasteiger partial charge in [-0.05, 0) is 79.9 Å². The molecule has 0 rings (SSSR count). The summed E-state index contributed by atoms with van der Waals surface area (Å²) < 4.78 is 76.5. The fourth-order valence-corrected chi connectivity index (χ4v) is 11.3. The molecule has 0 bridgehead atoms. The molecule has 634 valence electrons. The molecule has 8 N–H and O–H groups in total. The number of esters is 4. The SMILES string of the molecule is CCCCCCCCCCCCCC(=O)OC[C@H](COP(=O)(O)OCCNC(=O)[C@H](C)NC(=O)C(C)(C)NC(=O)[C@H](CCC(=O)OCCOCCOCCOC)NC(=O)C(C)(C)NC(=O)[C@H](CCC(=O)OCCOCCOCCOC)NC(=O)C(C)(C)NC(=O)CCS)OC(=O)CCCCCCCCCCCCC. The van der Waals surface area contributed by atoms with Crippen LogP contribution >= 0.6 is 20.5 Å². The summed E-state index contributed by atoms with van der Waals surface area (Å²) in [5.74, 6) is -8.50. The fraction of sp³-hybridized carbons (Fsp3) is 0.853. The van der Waals surface area contributed by atoms with E-state index in [-0.39, 0.29) is 90.8 Å². The number of ether oxygens (including phenoxy) is 10. The summed E-state index contributed by atoms with van der Waals surface area (Å²) in [5.41, 5.74) is -5.37. The lowest BCUT2D eigenvalue weighted by Crippen LogP contribution is -2.65. The van der Waals surface area contributed by atoms with Crippen LogP contribution in [0, 0.1) is 0 Å². The van der Waals surface area contributed by atoms with Gasteiger partial charge in [-0.15, -0.1) is 0 Å². The predicted molar refractivity (Wildman–Crippen MR) is 412 cm³/mol. The summed E-state index contributed by atoms with van der Waals surface area (Å²) in [6.07, 6.45) is 21.3. The average molecular weight is 1600 g/mol. The number of hydrogen-bond acceptors (Lipinski definition) is 25. The van der Waals surface area contributed by atoms with Gasteiger partial charge in [0.1, 0.15) is 54.6 Å². The standard InChI is InChI=1S/C75H138N7O25PS/c1-12-14-16-18-20-22-24-26-28-30-32-34-63(84)104-56-59(107-66(87)35-33-31-29-27-25-23-21-19-17-15-13-2)57-106-108(94,95)105-42-41-76-67(88)58(3)77-70(91)74(6,7)81-68(89)61(37-39-65(86)103-54-52-101-50-48-99-46-44-97-11)79-72(93)75(8,9)82-69(90)60(78-71(92)73(4,5)80-62(83)40-55-109)36-38-64(85)102-53-51-100-49-47-98-45-43-96-10/h58-61,109H,12-57H2,1-11H3,(H,76,88)(H,77,91)(H,78,92)(H,79,93)(H,80,83)(H,81,89)(H,82,90)(H,94,95)/t58-,59+,60-,61-/m0/s1. The Kier molecular flexibility index (Phi) is 60.6. The van der Waals surface area contributed by atoms with Crippen LogP contribution in [0.2, 0.25) is 0 Å². The second-order valence-electron chi connectivity index (χ2n) is 28.3. The molecule has 0 fully saturated rings. The van der Waals surface area contributed by atoms with Crippen molar-refractivity contribution in [2.75, 3.05) is 126 Å². The second kappa shape index (κ2) is 63.9. The minimum absolute atomic E-state index is 0.00384. The van der Waals surface area contributed by atoms with Crippen molar-refractivity contribution in [1.82, 2.24) is 37.2 Å². The van der Waals surface area contributed by atoms with Crippen LogP contribution in [0.25, 0.3) is 0 Å². The van der Waals surface area contributed by atoms with E-state index < -0.39 is 153 Å². The lowest BCUT2D eigenvalue weighted by Gasteiger charge is -2.32. The summed E-state index contributed by atoms with van der Waals surface area (Å²) in [7, 11) is -1.81. The Labute approximate surface area is 653 Å².